The fourth-order valence-electron chi connectivity index (χ4n) is 2.45. The first-order valence-electron chi connectivity index (χ1n) is 7.51. The molecule has 0 unspecified atom stereocenters. The number of rotatable bonds is 5. The lowest BCUT2D eigenvalue weighted by Gasteiger charge is -2.26. The van der Waals surface area contributed by atoms with Crippen molar-refractivity contribution < 1.29 is 4.74 Å². The zero-order valence-electron chi connectivity index (χ0n) is 12.4. The van der Waals surface area contributed by atoms with Gasteiger partial charge < -0.3 is 15.4 Å². The fourth-order valence-corrected chi connectivity index (χ4v) is 3.30. The number of benzene rings is 1. The molecule has 1 aliphatic rings. The minimum Gasteiger partial charge on any atom is -0.379 e. The molecule has 2 aromatic rings. The molecule has 0 aliphatic carbocycles. The Morgan fingerprint density at radius 2 is 2.23 bits per heavy atom. The summed E-state index contributed by atoms with van der Waals surface area (Å²) in [7, 11) is 0. The highest BCUT2D eigenvalue weighted by molar-refractivity contribution is 7.80. The van der Waals surface area contributed by atoms with Crippen LogP contribution in [0.3, 0.4) is 0 Å². The van der Waals surface area contributed by atoms with Gasteiger partial charge in [0, 0.05) is 36.9 Å². The zero-order chi connectivity index (χ0) is 15.2. The van der Waals surface area contributed by atoms with Crippen LogP contribution in [0.1, 0.15) is 6.42 Å². The number of hydrogen-bond acceptors (Lipinski definition) is 5. The molecule has 0 saturated carbocycles. The second kappa shape index (κ2) is 7.82. The number of hydrogen-bond donors (Lipinski definition) is 2. The molecule has 0 atom stereocenters. The first-order chi connectivity index (χ1) is 10.8. The van der Waals surface area contributed by atoms with Crippen LogP contribution in [0.5, 0.6) is 0 Å². The highest BCUT2D eigenvalue weighted by Crippen LogP contribution is 2.21. The van der Waals surface area contributed by atoms with E-state index in [1.54, 1.807) is 0 Å². The van der Waals surface area contributed by atoms with Gasteiger partial charge in [-0.05, 0) is 54.9 Å². The Hall–Kier alpha value is -1.28. The summed E-state index contributed by atoms with van der Waals surface area (Å²) in [4.78, 5) is 2.43. The van der Waals surface area contributed by atoms with Gasteiger partial charge in [0.05, 0.1) is 17.9 Å². The molecule has 1 aliphatic heterocycles. The Morgan fingerprint density at radius 3 is 3.09 bits per heavy atom. The summed E-state index contributed by atoms with van der Waals surface area (Å²) in [5.74, 6) is 0. The summed E-state index contributed by atoms with van der Waals surface area (Å²) < 4.78 is 10.7. The predicted molar refractivity (Wildman–Crippen MR) is 95.7 cm³/mol. The van der Waals surface area contributed by atoms with Gasteiger partial charge in [0.2, 0.25) is 0 Å². The summed E-state index contributed by atoms with van der Waals surface area (Å²) in [5, 5.41) is 8.30. The van der Waals surface area contributed by atoms with E-state index < -0.39 is 0 Å². The van der Waals surface area contributed by atoms with Gasteiger partial charge in [-0.15, -0.1) is 0 Å². The minimum absolute atomic E-state index is 0.671. The Morgan fingerprint density at radius 1 is 1.36 bits per heavy atom. The zero-order valence-corrected chi connectivity index (χ0v) is 14.0. The van der Waals surface area contributed by atoms with Gasteiger partial charge in [0.1, 0.15) is 0 Å². The van der Waals surface area contributed by atoms with Gasteiger partial charge in [-0.25, -0.2) is 0 Å². The summed E-state index contributed by atoms with van der Waals surface area (Å²) in [6.45, 7) is 5.76. The molecule has 2 N–H and O–H groups in total. The highest BCUT2D eigenvalue weighted by atomic mass is 32.1. The summed E-state index contributed by atoms with van der Waals surface area (Å²) in [6, 6.07) is 6.17. The topological polar surface area (TPSA) is 49.4 Å². The average molecular weight is 336 g/mol. The van der Waals surface area contributed by atoms with Crippen LogP contribution in [0.2, 0.25) is 0 Å². The molecule has 1 aromatic heterocycles. The SMILES string of the molecule is S=C(NCCCN1CCOCC1)Nc1ccc2sncc2c1. The van der Waals surface area contributed by atoms with Gasteiger partial charge in [0.15, 0.2) is 5.11 Å². The van der Waals surface area contributed by atoms with E-state index in [1.807, 2.05) is 12.3 Å². The minimum atomic E-state index is 0.671. The lowest BCUT2D eigenvalue weighted by atomic mass is 10.2. The fraction of sp³-hybridized carbons (Fsp3) is 0.467. The number of thiocarbonyl (C=S) groups is 1. The second-order valence-corrected chi connectivity index (χ2v) is 6.51. The molecule has 3 rings (SSSR count). The summed E-state index contributed by atoms with van der Waals surface area (Å²) >= 11 is 6.84. The normalized spacial score (nSPS) is 15.8. The number of fused-ring (bicyclic) bond motifs is 1. The molecule has 1 aromatic carbocycles. The standard InChI is InChI=1S/C15H20N4OS2/c21-15(16-4-1-5-19-6-8-20-9-7-19)18-13-2-3-14-12(10-13)11-17-22-14/h2-3,10-11H,1,4-9H2,(H2,16,18,21). The van der Waals surface area contributed by atoms with Crippen LogP contribution in [0.15, 0.2) is 24.4 Å². The van der Waals surface area contributed by atoms with Gasteiger partial charge in [-0.1, -0.05) is 0 Å². The number of anilines is 1. The molecule has 1 fully saturated rings. The van der Waals surface area contributed by atoms with Crippen molar-refractivity contribution in [2.45, 2.75) is 6.42 Å². The number of nitrogens with zero attached hydrogens (tertiary/aromatic N) is 2. The smallest absolute Gasteiger partial charge is 0.170 e. The average Bonchev–Trinajstić information content (AvgIpc) is 3.00. The third-order valence-electron chi connectivity index (χ3n) is 3.65. The van der Waals surface area contributed by atoms with Gasteiger partial charge in [0.25, 0.3) is 0 Å². The van der Waals surface area contributed by atoms with Crippen LogP contribution in [-0.2, 0) is 4.74 Å². The number of ether oxygens (including phenoxy) is 1. The van der Waals surface area contributed by atoms with Crippen molar-refractivity contribution in [3.63, 3.8) is 0 Å². The third kappa shape index (κ3) is 4.36. The molecule has 0 radical (unpaired) electrons. The Labute approximate surface area is 139 Å². The van der Waals surface area contributed by atoms with E-state index in [9.17, 15) is 0 Å². The Bertz CT molecular complexity index is 625. The van der Waals surface area contributed by atoms with E-state index in [0.29, 0.717) is 5.11 Å². The molecule has 2 heterocycles. The number of morpholine rings is 1. The molecule has 0 amide bonds. The maximum Gasteiger partial charge on any atom is 0.170 e. The van der Waals surface area contributed by atoms with Crippen LogP contribution >= 0.6 is 23.8 Å². The largest absolute Gasteiger partial charge is 0.379 e. The van der Waals surface area contributed by atoms with Gasteiger partial charge in [-0.3, -0.25) is 4.90 Å². The Kier molecular flexibility index (Phi) is 5.55. The highest BCUT2D eigenvalue weighted by Gasteiger charge is 2.09. The summed E-state index contributed by atoms with van der Waals surface area (Å²) in [5.41, 5.74) is 0.998. The second-order valence-electron chi connectivity index (χ2n) is 5.27. The maximum absolute atomic E-state index is 5.34. The van der Waals surface area contributed by atoms with Crippen molar-refractivity contribution in [2.24, 2.45) is 0 Å². The lowest BCUT2D eigenvalue weighted by Crippen LogP contribution is -2.38. The van der Waals surface area contributed by atoms with Crippen molar-refractivity contribution in [1.29, 1.82) is 0 Å². The van der Waals surface area contributed by atoms with E-state index in [0.717, 1.165) is 56.9 Å². The molecule has 0 spiro atoms. The molecular weight excluding hydrogens is 316 g/mol. The molecule has 1 saturated heterocycles. The van der Waals surface area contributed by atoms with Crippen LogP contribution in [0, 0.1) is 0 Å². The van der Waals surface area contributed by atoms with Gasteiger partial charge in [-0.2, -0.15) is 4.37 Å². The molecular formula is C15H20N4OS2. The van der Waals surface area contributed by atoms with Crippen LogP contribution < -0.4 is 10.6 Å². The van der Waals surface area contributed by atoms with Gasteiger partial charge >= 0.3 is 0 Å². The molecule has 22 heavy (non-hydrogen) atoms. The molecule has 5 nitrogen and oxygen atoms in total. The van der Waals surface area contributed by atoms with Crippen molar-refractivity contribution in [1.82, 2.24) is 14.6 Å². The van der Waals surface area contributed by atoms with E-state index >= 15 is 0 Å². The molecule has 118 valence electrons. The van der Waals surface area contributed by atoms with Crippen molar-refractivity contribution in [3.05, 3.63) is 24.4 Å². The monoisotopic (exact) mass is 336 g/mol. The first kappa shape index (κ1) is 15.6. The van der Waals surface area contributed by atoms with E-state index in [-0.39, 0.29) is 0 Å². The van der Waals surface area contributed by atoms with Crippen LogP contribution in [0.25, 0.3) is 10.1 Å². The van der Waals surface area contributed by atoms with Crippen molar-refractivity contribution in [2.75, 3.05) is 44.7 Å². The van der Waals surface area contributed by atoms with Crippen LogP contribution in [0.4, 0.5) is 5.69 Å². The van der Waals surface area contributed by atoms with Crippen molar-refractivity contribution >= 4 is 44.6 Å². The lowest BCUT2D eigenvalue weighted by molar-refractivity contribution is 0.0376. The summed E-state index contributed by atoms with van der Waals surface area (Å²) in [6.07, 6.45) is 2.96. The van der Waals surface area contributed by atoms with Crippen molar-refractivity contribution in [3.8, 4) is 0 Å². The predicted octanol–water partition coefficient (Wildman–Crippen LogP) is 2.30. The third-order valence-corrected chi connectivity index (χ3v) is 4.68. The molecule has 0 bridgehead atoms. The van der Waals surface area contributed by atoms with E-state index in [2.05, 4.69) is 32.0 Å². The quantitative estimate of drug-likeness (QED) is 0.645. The first-order valence-corrected chi connectivity index (χ1v) is 8.69. The molecule has 7 heteroatoms. The number of aromatic nitrogens is 1. The van der Waals surface area contributed by atoms with Crippen LogP contribution in [-0.4, -0.2) is 53.8 Å². The van der Waals surface area contributed by atoms with E-state index in [4.69, 9.17) is 17.0 Å². The number of nitrogens with one attached hydrogen (secondary N) is 2. The van der Waals surface area contributed by atoms with E-state index in [1.165, 1.54) is 16.2 Å². The Balaban J connectivity index is 1.38. The maximum atomic E-state index is 5.34.